The fourth-order valence-corrected chi connectivity index (χ4v) is 2.22. The van der Waals surface area contributed by atoms with Crippen LogP contribution in [0.4, 0.5) is 0 Å². The molecule has 0 radical (unpaired) electrons. The molecule has 0 spiro atoms. The zero-order valence-corrected chi connectivity index (χ0v) is 8.47. The van der Waals surface area contributed by atoms with Crippen LogP contribution in [0.25, 0.3) is 0 Å². The molecule has 0 saturated carbocycles. The molecule has 10 heavy (non-hydrogen) atoms. The lowest BCUT2D eigenvalue weighted by atomic mass is 9.78. The second-order valence-electron chi connectivity index (χ2n) is 3.14. The topological polar surface area (TPSA) is 0 Å². The molecule has 62 valence electrons. The monoisotopic (exact) mass is 182 g/mol. The molecular weight excluding hydrogens is 167 g/mol. The molecule has 0 N–H and O–H groups in total. The van der Waals surface area contributed by atoms with Crippen LogP contribution in [0.15, 0.2) is 0 Å². The number of hydrogen-bond acceptors (Lipinski definition) is 0. The van der Waals surface area contributed by atoms with Gasteiger partial charge in [-0.05, 0) is 17.8 Å². The van der Waals surface area contributed by atoms with Gasteiger partial charge in [0.2, 0.25) is 0 Å². The molecule has 0 heterocycles. The van der Waals surface area contributed by atoms with E-state index < -0.39 is 0 Å². The summed E-state index contributed by atoms with van der Waals surface area (Å²) in [6.07, 6.45) is 1.07. The van der Waals surface area contributed by atoms with E-state index in [2.05, 4.69) is 20.8 Å². The minimum atomic E-state index is 0.156. The smallest absolute Gasteiger partial charge is 0.0293 e. The van der Waals surface area contributed by atoms with E-state index in [9.17, 15) is 0 Å². The van der Waals surface area contributed by atoms with Crippen LogP contribution in [-0.4, -0.2) is 11.8 Å². The maximum absolute atomic E-state index is 5.84. The minimum absolute atomic E-state index is 0.156. The summed E-state index contributed by atoms with van der Waals surface area (Å²) >= 11 is 11.7. The summed E-state index contributed by atoms with van der Waals surface area (Å²) in [6.45, 7) is 6.49. The Morgan fingerprint density at radius 2 is 1.60 bits per heavy atom. The van der Waals surface area contributed by atoms with Crippen LogP contribution in [-0.2, 0) is 0 Å². The van der Waals surface area contributed by atoms with E-state index in [0.717, 1.165) is 6.42 Å². The average Bonchev–Trinajstić information content (AvgIpc) is 1.92. The first-order valence-corrected chi connectivity index (χ1v) is 4.81. The molecule has 0 nitrogen and oxygen atoms in total. The van der Waals surface area contributed by atoms with Crippen molar-refractivity contribution in [2.24, 2.45) is 11.3 Å². The second-order valence-corrected chi connectivity index (χ2v) is 3.67. The van der Waals surface area contributed by atoms with Crippen LogP contribution >= 0.6 is 23.2 Å². The van der Waals surface area contributed by atoms with Crippen molar-refractivity contribution in [3.8, 4) is 0 Å². The van der Waals surface area contributed by atoms with Crippen molar-refractivity contribution in [3.05, 3.63) is 0 Å². The highest BCUT2D eigenvalue weighted by Gasteiger charge is 2.29. The molecule has 2 heteroatoms. The predicted molar refractivity (Wildman–Crippen MR) is 49.0 cm³/mol. The third kappa shape index (κ3) is 2.03. The molecule has 0 atom stereocenters. The van der Waals surface area contributed by atoms with Gasteiger partial charge >= 0.3 is 0 Å². The van der Waals surface area contributed by atoms with Crippen molar-refractivity contribution < 1.29 is 0 Å². The van der Waals surface area contributed by atoms with E-state index in [1.807, 2.05) is 0 Å². The summed E-state index contributed by atoms with van der Waals surface area (Å²) in [5.41, 5.74) is 0.156. The summed E-state index contributed by atoms with van der Waals surface area (Å²) in [4.78, 5) is 0. The molecule has 0 fully saturated rings. The van der Waals surface area contributed by atoms with E-state index in [1.54, 1.807) is 0 Å². The standard InChI is InChI=1S/C8H16Cl2/c1-4-8(5-9,6-10)7(2)3/h7H,4-6H2,1-3H3. The summed E-state index contributed by atoms with van der Waals surface area (Å²) in [6, 6.07) is 0. The summed E-state index contributed by atoms with van der Waals surface area (Å²) in [5, 5.41) is 0. The van der Waals surface area contributed by atoms with Crippen LogP contribution in [0.3, 0.4) is 0 Å². The minimum Gasteiger partial charge on any atom is -0.126 e. The highest BCUT2D eigenvalue weighted by molar-refractivity contribution is 6.21. The molecule has 0 rings (SSSR count). The van der Waals surface area contributed by atoms with Crippen molar-refractivity contribution in [2.45, 2.75) is 27.2 Å². The van der Waals surface area contributed by atoms with Crippen molar-refractivity contribution in [3.63, 3.8) is 0 Å². The Morgan fingerprint density at radius 1 is 1.20 bits per heavy atom. The van der Waals surface area contributed by atoms with E-state index >= 15 is 0 Å². The first-order valence-electron chi connectivity index (χ1n) is 3.75. The fraction of sp³-hybridized carbons (Fsp3) is 1.00. The van der Waals surface area contributed by atoms with Gasteiger partial charge in [-0.2, -0.15) is 0 Å². The predicted octanol–water partition coefficient (Wildman–Crippen LogP) is 3.52. The molecule has 0 saturated heterocycles. The number of halogens is 2. The lowest BCUT2D eigenvalue weighted by Crippen LogP contribution is -2.30. The third-order valence-electron chi connectivity index (χ3n) is 2.46. The Labute approximate surface area is 73.9 Å². The van der Waals surface area contributed by atoms with E-state index in [4.69, 9.17) is 23.2 Å². The highest BCUT2D eigenvalue weighted by atomic mass is 35.5. The summed E-state index contributed by atoms with van der Waals surface area (Å²) < 4.78 is 0. The number of rotatable bonds is 4. The van der Waals surface area contributed by atoms with Gasteiger partial charge in [0.1, 0.15) is 0 Å². The van der Waals surface area contributed by atoms with Gasteiger partial charge in [0, 0.05) is 11.8 Å². The Hall–Kier alpha value is 0.580. The van der Waals surface area contributed by atoms with Crippen molar-refractivity contribution in [1.29, 1.82) is 0 Å². The van der Waals surface area contributed by atoms with E-state index in [1.165, 1.54) is 0 Å². The highest BCUT2D eigenvalue weighted by Crippen LogP contribution is 2.33. The Morgan fingerprint density at radius 3 is 1.60 bits per heavy atom. The molecular formula is C8H16Cl2. The van der Waals surface area contributed by atoms with Gasteiger partial charge in [-0.25, -0.2) is 0 Å². The van der Waals surface area contributed by atoms with Crippen molar-refractivity contribution >= 4 is 23.2 Å². The van der Waals surface area contributed by atoms with Crippen molar-refractivity contribution in [2.75, 3.05) is 11.8 Å². The SMILES string of the molecule is CCC(CCl)(CCl)C(C)C. The first-order chi connectivity index (χ1) is 4.63. The largest absolute Gasteiger partial charge is 0.126 e. The lowest BCUT2D eigenvalue weighted by molar-refractivity contribution is 0.250. The normalized spacial score (nSPS) is 12.6. The molecule has 0 aliphatic carbocycles. The van der Waals surface area contributed by atoms with Crippen molar-refractivity contribution in [1.82, 2.24) is 0 Å². The molecule has 0 aromatic rings. The van der Waals surface area contributed by atoms with Gasteiger partial charge in [0.25, 0.3) is 0 Å². The lowest BCUT2D eigenvalue weighted by Gasteiger charge is -2.32. The fourth-order valence-electron chi connectivity index (χ4n) is 0.942. The summed E-state index contributed by atoms with van der Waals surface area (Å²) in [7, 11) is 0. The Bertz CT molecular complexity index is 77.0. The molecule has 0 unspecified atom stereocenters. The van der Waals surface area contributed by atoms with Crippen LogP contribution in [0.2, 0.25) is 0 Å². The van der Waals surface area contributed by atoms with E-state index in [0.29, 0.717) is 17.7 Å². The van der Waals surface area contributed by atoms with Gasteiger partial charge in [-0.15, -0.1) is 23.2 Å². The molecule has 0 bridgehead atoms. The zero-order chi connectivity index (χ0) is 8.20. The zero-order valence-electron chi connectivity index (χ0n) is 6.95. The Balaban J connectivity index is 4.15. The van der Waals surface area contributed by atoms with Gasteiger partial charge < -0.3 is 0 Å². The van der Waals surface area contributed by atoms with Gasteiger partial charge in [-0.1, -0.05) is 20.8 Å². The number of hydrogen-bond donors (Lipinski definition) is 0. The molecule has 0 aliphatic heterocycles. The van der Waals surface area contributed by atoms with Crippen LogP contribution in [0.1, 0.15) is 27.2 Å². The molecule has 0 aliphatic rings. The maximum atomic E-state index is 5.84. The Kier molecular flexibility index (Phi) is 4.71. The van der Waals surface area contributed by atoms with Gasteiger partial charge in [-0.3, -0.25) is 0 Å². The van der Waals surface area contributed by atoms with Gasteiger partial charge in [0.15, 0.2) is 0 Å². The van der Waals surface area contributed by atoms with Crippen LogP contribution in [0, 0.1) is 11.3 Å². The average molecular weight is 183 g/mol. The van der Waals surface area contributed by atoms with Crippen LogP contribution in [0.5, 0.6) is 0 Å². The van der Waals surface area contributed by atoms with Gasteiger partial charge in [0.05, 0.1) is 0 Å². The summed E-state index contributed by atoms with van der Waals surface area (Å²) in [5.74, 6) is 1.92. The van der Waals surface area contributed by atoms with Crippen LogP contribution < -0.4 is 0 Å². The molecule has 0 aromatic carbocycles. The first kappa shape index (κ1) is 10.6. The van der Waals surface area contributed by atoms with E-state index in [-0.39, 0.29) is 5.41 Å². The maximum Gasteiger partial charge on any atom is 0.0293 e. The quantitative estimate of drug-likeness (QED) is 0.585. The molecule has 0 amide bonds. The second kappa shape index (κ2) is 4.46. The third-order valence-corrected chi connectivity index (χ3v) is 3.53. The number of alkyl halides is 2. The molecule has 0 aromatic heterocycles.